The Morgan fingerprint density at radius 1 is 1.17 bits per heavy atom. The molecule has 0 amide bonds. The lowest BCUT2D eigenvalue weighted by atomic mass is 9.79. The number of aliphatic hydroxyl groups excluding tert-OH is 1. The predicted molar refractivity (Wildman–Crippen MR) is 77.8 cm³/mol. The van der Waals surface area contributed by atoms with Crippen LogP contribution in [0.3, 0.4) is 0 Å². The summed E-state index contributed by atoms with van der Waals surface area (Å²) in [6.07, 6.45) is 1.69. The van der Waals surface area contributed by atoms with Crippen LogP contribution >= 0.6 is 0 Å². The van der Waals surface area contributed by atoms with E-state index in [4.69, 9.17) is 0 Å². The van der Waals surface area contributed by atoms with Crippen LogP contribution in [0.25, 0.3) is 0 Å². The van der Waals surface area contributed by atoms with Gasteiger partial charge in [-0.1, -0.05) is 44.2 Å². The summed E-state index contributed by atoms with van der Waals surface area (Å²) in [5, 5.41) is 12.7. The summed E-state index contributed by atoms with van der Waals surface area (Å²) < 4.78 is 0. The first kappa shape index (κ1) is 15.2. The molecule has 1 aromatic carbocycles. The monoisotopic (exact) mass is 249 g/mol. The third-order valence-electron chi connectivity index (χ3n) is 3.43. The van der Waals surface area contributed by atoms with Gasteiger partial charge in [0.1, 0.15) is 0 Å². The van der Waals surface area contributed by atoms with Gasteiger partial charge in [-0.3, -0.25) is 0 Å². The molecule has 2 atom stereocenters. The summed E-state index contributed by atoms with van der Waals surface area (Å²) in [6.45, 7) is 9.50. The van der Waals surface area contributed by atoms with E-state index in [1.807, 2.05) is 6.92 Å². The summed E-state index contributed by atoms with van der Waals surface area (Å²) in [5.74, 6) is 0. The lowest BCUT2D eigenvalue weighted by molar-refractivity contribution is 0.181. The number of hydrogen-bond acceptors (Lipinski definition) is 2. The van der Waals surface area contributed by atoms with E-state index in [9.17, 15) is 5.11 Å². The van der Waals surface area contributed by atoms with Crippen molar-refractivity contribution in [1.82, 2.24) is 5.32 Å². The number of hydrogen-bond donors (Lipinski definition) is 2. The van der Waals surface area contributed by atoms with E-state index in [1.54, 1.807) is 0 Å². The van der Waals surface area contributed by atoms with Crippen molar-refractivity contribution in [3.8, 4) is 0 Å². The van der Waals surface area contributed by atoms with Crippen molar-refractivity contribution in [2.45, 2.75) is 58.1 Å². The van der Waals surface area contributed by atoms with Gasteiger partial charge in [0, 0.05) is 6.04 Å². The number of rotatable bonds is 7. The molecule has 1 rings (SSSR count). The summed E-state index contributed by atoms with van der Waals surface area (Å²) in [5.41, 5.74) is 1.56. The smallest absolute Gasteiger partial charge is 0.0524 e. The molecular weight excluding hydrogens is 222 g/mol. The molecule has 102 valence electrons. The molecule has 0 aliphatic carbocycles. The fraction of sp³-hybridized carbons (Fsp3) is 0.625. The lowest BCUT2D eigenvalue weighted by Gasteiger charge is -2.29. The number of aliphatic hydroxyl groups is 1. The van der Waals surface area contributed by atoms with Crippen molar-refractivity contribution >= 4 is 0 Å². The second-order valence-corrected chi connectivity index (χ2v) is 5.95. The van der Waals surface area contributed by atoms with Crippen LogP contribution < -0.4 is 5.32 Å². The molecule has 0 heterocycles. The molecular formula is C16H27NO. The van der Waals surface area contributed by atoms with Crippen LogP contribution in [-0.4, -0.2) is 23.8 Å². The summed E-state index contributed by atoms with van der Waals surface area (Å²) in [4.78, 5) is 0. The van der Waals surface area contributed by atoms with Crippen molar-refractivity contribution < 1.29 is 5.11 Å². The third kappa shape index (κ3) is 5.19. The zero-order valence-corrected chi connectivity index (χ0v) is 12.1. The molecule has 2 heteroatoms. The largest absolute Gasteiger partial charge is 0.393 e. The Morgan fingerprint density at radius 2 is 1.78 bits per heavy atom. The van der Waals surface area contributed by atoms with Gasteiger partial charge in [0.25, 0.3) is 0 Å². The second-order valence-electron chi connectivity index (χ2n) is 5.95. The Labute approximate surface area is 111 Å². The average Bonchev–Trinajstić information content (AvgIpc) is 2.29. The van der Waals surface area contributed by atoms with E-state index in [-0.39, 0.29) is 11.5 Å². The minimum Gasteiger partial charge on any atom is -0.393 e. The topological polar surface area (TPSA) is 32.3 Å². The molecule has 0 saturated heterocycles. The Bertz CT molecular complexity index is 332. The molecule has 0 saturated carbocycles. The molecule has 2 nitrogen and oxygen atoms in total. The molecule has 0 fully saturated rings. The predicted octanol–water partition coefficient (Wildman–Crippen LogP) is 3.10. The van der Waals surface area contributed by atoms with Gasteiger partial charge in [-0.05, 0) is 44.2 Å². The van der Waals surface area contributed by atoms with Crippen molar-refractivity contribution in [3.63, 3.8) is 0 Å². The van der Waals surface area contributed by atoms with Gasteiger partial charge < -0.3 is 10.4 Å². The number of nitrogens with one attached hydrogen (secondary N) is 1. The fourth-order valence-corrected chi connectivity index (χ4v) is 2.38. The molecule has 0 aromatic heterocycles. The SMILES string of the molecule is CC(O)CCNC(C)CC(C)(C)c1ccccc1. The van der Waals surface area contributed by atoms with E-state index in [0.29, 0.717) is 6.04 Å². The van der Waals surface area contributed by atoms with E-state index < -0.39 is 0 Å². The molecule has 2 N–H and O–H groups in total. The molecule has 0 aliphatic rings. The Morgan fingerprint density at radius 3 is 2.33 bits per heavy atom. The van der Waals surface area contributed by atoms with Crippen molar-refractivity contribution in [2.75, 3.05) is 6.54 Å². The van der Waals surface area contributed by atoms with Gasteiger partial charge in [0.2, 0.25) is 0 Å². The molecule has 0 radical (unpaired) electrons. The molecule has 0 spiro atoms. The average molecular weight is 249 g/mol. The normalized spacial score (nSPS) is 15.4. The van der Waals surface area contributed by atoms with Gasteiger partial charge in [-0.2, -0.15) is 0 Å². The standard InChI is InChI=1S/C16H27NO/c1-13(17-11-10-14(2)18)12-16(3,4)15-8-6-5-7-9-15/h5-9,13-14,17-18H,10-12H2,1-4H3. The molecule has 1 aromatic rings. The highest BCUT2D eigenvalue weighted by molar-refractivity contribution is 5.23. The van der Waals surface area contributed by atoms with Crippen LogP contribution in [-0.2, 0) is 5.41 Å². The van der Waals surface area contributed by atoms with E-state index in [2.05, 4.69) is 56.4 Å². The molecule has 2 unspecified atom stereocenters. The van der Waals surface area contributed by atoms with Crippen molar-refractivity contribution in [3.05, 3.63) is 35.9 Å². The van der Waals surface area contributed by atoms with E-state index >= 15 is 0 Å². The molecule has 18 heavy (non-hydrogen) atoms. The number of benzene rings is 1. The molecule has 0 bridgehead atoms. The first-order chi connectivity index (χ1) is 8.42. The van der Waals surface area contributed by atoms with Gasteiger partial charge in [0.05, 0.1) is 6.10 Å². The zero-order chi connectivity index (χ0) is 13.6. The lowest BCUT2D eigenvalue weighted by Crippen LogP contribution is -2.34. The minimum absolute atomic E-state index is 0.179. The summed E-state index contributed by atoms with van der Waals surface area (Å²) >= 11 is 0. The molecule has 0 aliphatic heterocycles. The minimum atomic E-state index is -0.216. The van der Waals surface area contributed by atoms with Gasteiger partial charge in [-0.15, -0.1) is 0 Å². The van der Waals surface area contributed by atoms with Crippen molar-refractivity contribution in [1.29, 1.82) is 0 Å². The first-order valence-corrected chi connectivity index (χ1v) is 6.89. The van der Waals surface area contributed by atoms with Gasteiger partial charge >= 0.3 is 0 Å². The van der Waals surface area contributed by atoms with Crippen LogP contribution in [0, 0.1) is 0 Å². The maximum atomic E-state index is 9.24. The van der Waals surface area contributed by atoms with Crippen LogP contribution in [0.5, 0.6) is 0 Å². The maximum Gasteiger partial charge on any atom is 0.0524 e. The maximum absolute atomic E-state index is 9.24. The highest BCUT2D eigenvalue weighted by atomic mass is 16.3. The van der Waals surface area contributed by atoms with Crippen LogP contribution in [0.1, 0.15) is 46.1 Å². The Kier molecular flexibility index (Phi) is 5.83. The highest BCUT2D eigenvalue weighted by Gasteiger charge is 2.22. The summed E-state index contributed by atoms with van der Waals surface area (Å²) in [7, 11) is 0. The Balaban J connectivity index is 2.45. The first-order valence-electron chi connectivity index (χ1n) is 6.89. The second kappa shape index (κ2) is 6.91. The summed E-state index contributed by atoms with van der Waals surface area (Å²) in [6, 6.07) is 11.1. The fourth-order valence-electron chi connectivity index (χ4n) is 2.38. The van der Waals surface area contributed by atoms with E-state index in [0.717, 1.165) is 19.4 Å². The van der Waals surface area contributed by atoms with Crippen LogP contribution in [0.4, 0.5) is 0 Å². The van der Waals surface area contributed by atoms with Gasteiger partial charge in [-0.25, -0.2) is 0 Å². The van der Waals surface area contributed by atoms with Crippen LogP contribution in [0.15, 0.2) is 30.3 Å². The zero-order valence-electron chi connectivity index (χ0n) is 12.1. The third-order valence-corrected chi connectivity index (χ3v) is 3.43. The highest BCUT2D eigenvalue weighted by Crippen LogP contribution is 2.27. The van der Waals surface area contributed by atoms with E-state index in [1.165, 1.54) is 5.56 Å². The Hall–Kier alpha value is -0.860. The van der Waals surface area contributed by atoms with Gasteiger partial charge in [0.15, 0.2) is 0 Å². The van der Waals surface area contributed by atoms with Crippen LogP contribution in [0.2, 0.25) is 0 Å². The quantitative estimate of drug-likeness (QED) is 0.778. The van der Waals surface area contributed by atoms with Crippen molar-refractivity contribution in [2.24, 2.45) is 0 Å².